The SMILES string of the molecule is CCCCCCCCCCCCCC/C=C\CCCCCCCCCCCC(O)CC(=O)NC(CO)C(O)/C=C/CC/C=C/CCCCCCCCCCCCCC. The van der Waals surface area contributed by atoms with E-state index in [1.807, 2.05) is 6.08 Å². The molecule has 58 heavy (non-hydrogen) atoms. The quantitative estimate of drug-likeness (QED) is 0.0364. The fourth-order valence-electron chi connectivity index (χ4n) is 7.94. The Hall–Kier alpha value is -1.43. The summed E-state index contributed by atoms with van der Waals surface area (Å²) in [6, 6.07) is -0.761. The van der Waals surface area contributed by atoms with Gasteiger partial charge in [-0.1, -0.05) is 243 Å². The van der Waals surface area contributed by atoms with Crippen molar-refractivity contribution < 1.29 is 20.1 Å². The summed E-state index contributed by atoms with van der Waals surface area (Å²) in [4.78, 5) is 12.5. The summed E-state index contributed by atoms with van der Waals surface area (Å²) in [6.07, 6.45) is 61.7. The van der Waals surface area contributed by atoms with E-state index in [0.29, 0.717) is 6.42 Å². The molecule has 0 aliphatic heterocycles. The van der Waals surface area contributed by atoms with E-state index in [9.17, 15) is 20.1 Å². The first-order chi connectivity index (χ1) is 28.5. The maximum atomic E-state index is 12.5. The Balaban J connectivity index is 3.62. The number of carbonyl (C=O) groups is 1. The predicted octanol–water partition coefficient (Wildman–Crippen LogP) is 15.5. The van der Waals surface area contributed by atoms with Gasteiger partial charge in [-0.3, -0.25) is 4.79 Å². The van der Waals surface area contributed by atoms with Crippen molar-refractivity contribution in [3.8, 4) is 0 Å². The van der Waals surface area contributed by atoms with Crippen LogP contribution in [0.15, 0.2) is 36.5 Å². The van der Waals surface area contributed by atoms with Gasteiger partial charge in [-0.25, -0.2) is 0 Å². The summed E-state index contributed by atoms with van der Waals surface area (Å²) in [7, 11) is 0. The van der Waals surface area contributed by atoms with Crippen LogP contribution in [0.4, 0.5) is 0 Å². The lowest BCUT2D eigenvalue weighted by molar-refractivity contribution is -0.124. The van der Waals surface area contributed by atoms with Crippen molar-refractivity contribution in [3.63, 3.8) is 0 Å². The first-order valence-electron chi connectivity index (χ1n) is 25.8. The molecule has 0 rings (SSSR count). The molecular formula is C53H101NO4. The van der Waals surface area contributed by atoms with E-state index >= 15 is 0 Å². The molecule has 3 unspecified atom stereocenters. The van der Waals surface area contributed by atoms with Gasteiger partial charge in [0.1, 0.15) is 0 Å². The van der Waals surface area contributed by atoms with Crippen LogP contribution in [0.1, 0.15) is 271 Å². The highest BCUT2D eigenvalue weighted by Gasteiger charge is 2.20. The van der Waals surface area contributed by atoms with Gasteiger partial charge in [0.2, 0.25) is 5.91 Å². The van der Waals surface area contributed by atoms with Crippen LogP contribution in [0, 0.1) is 0 Å². The van der Waals surface area contributed by atoms with Crippen LogP contribution in [0.5, 0.6) is 0 Å². The van der Waals surface area contributed by atoms with Gasteiger partial charge in [0.15, 0.2) is 0 Å². The van der Waals surface area contributed by atoms with Crippen molar-refractivity contribution in [2.24, 2.45) is 0 Å². The molecule has 0 heterocycles. The Bertz CT molecular complexity index is 901. The topological polar surface area (TPSA) is 89.8 Å². The number of allylic oxidation sites excluding steroid dienone is 5. The second-order valence-electron chi connectivity index (χ2n) is 17.8. The minimum absolute atomic E-state index is 0.00547. The molecule has 0 saturated carbocycles. The van der Waals surface area contributed by atoms with Crippen LogP contribution in [0.2, 0.25) is 0 Å². The van der Waals surface area contributed by atoms with E-state index in [0.717, 1.165) is 32.1 Å². The fourth-order valence-corrected chi connectivity index (χ4v) is 7.94. The average molecular weight is 816 g/mol. The first kappa shape index (κ1) is 56.6. The highest BCUT2D eigenvalue weighted by molar-refractivity contribution is 5.76. The van der Waals surface area contributed by atoms with E-state index in [-0.39, 0.29) is 18.9 Å². The third-order valence-electron chi connectivity index (χ3n) is 11.9. The van der Waals surface area contributed by atoms with Gasteiger partial charge in [-0.2, -0.15) is 0 Å². The molecule has 0 fully saturated rings. The molecular weight excluding hydrogens is 715 g/mol. The van der Waals surface area contributed by atoms with Crippen molar-refractivity contribution in [1.29, 1.82) is 0 Å². The highest BCUT2D eigenvalue weighted by Crippen LogP contribution is 2.16. The van der Waals surface area contributed by atoms with E-state index in [1.165, 1.54) is 212 Å². The molecule has 0 radical (unpaired) electrons. The second-order valence-corrected chi connectivity index (χ2v) is 17.8. The zero-order chi connectivity index (χ0) is 42.3. The Morgan fingerprint density at radius 1 is 0.431 bits per heavy atom. The molecule has 3 atom stereocenters. The van der Waals surface area contributed by atoms with Crippen molar-refractivity contribution >= 4 is 5.91 Å². The predicted molar refractivity (Wildman–Crippen MR) is 254 cm³/mol. The molecule has 1 amide bonds. The van der Waals surface area contributed by atoms with Crippen LogP contribution in [-0.2, 0) is 4.79 Å². The van der Waals surface area contributed by atoms with E-state index < -0.39 is 18.2 Å². The average Bonchev–Trinajstić information content (AvgIpc) is 3.22. The molecule has 342 valence electrons. The third-order valence-corrected chi connectivity index (χ3v) is 11.9. The smallest absolute Gasteiger partial charge is 0.222 e. The van der Waals surface area contributed by atoms with Crippen molar-refractivity contribution in [2.45, 2.75) is 289 Å². The lowest BCUT2D eigenvalue weighted by Crippen LogP contribution is -2.45. The number of amides is 1. The molecule has 0 aliphatic carbocycles. The van der Waals surface area contributed by atoms with Crippen LogP contribution in [-0.4, -0.2) is 46.1 Å². The highest BCUT2D eigenvalue weighted by atomic mass is 16.3. The van der Waals surface area contributed by atoms with Gasteiger partial charge < -0.3 is 20.6 Å². The van der Waals surface area contributed by atoms with Gasteiger partial charge in [-0.15, -0.1) is 0 Å². The Labute approximate surface area is 362 Å². The number of hydrogen-bond donors (Lipinski definition) is 4. The summed E-state index contributed by atoms with van der Waals surface area (Å²) in [6.45, 7) is 4.22. The lowest BCUT2D eigenvalue weighted by atomic mass is 10.0. The normalized spacial score (nSPS) is 13.7. The van der Waals surface area contributed by atoms with Gasteiger partial charge in [0, 0.05) is 0 Å². The summed E-state index contributed by atoms with van der Waals surface area (Å²) < 4.78 is 0. The molecule has 4 N–H and O–H groups in total. The van der Waals surface area contributed by atoms with Crippen LogP contribution < -0.4 is 5.32 Å². The molecule has 0 aromatic rings. The molecule has 0 bridgehead atoms. The van der Waals surface area contributed by atoms with E-state index in [1.54, 1.807) is 6.08 Å². The number of aliphatic hydroxyl groups excluding tert-OH is 3. The minimum Gasteiger partial charge on any atom is -0.394 e. The number of hydrogen-bond acceptors (Lipinski definition) is 4. The maximum Gasteiger partial charge on any atom is 0.222 e. The summed E-state index contributed by atoms with van der Waals surface area (Å²) in [5.74, 6) is -0.324. The molecule has 5 nitrogen and oxygen atoms in total. The van der Waals surface area contributed by atoms with E-state index in [4.69, 9.17) is 0 Å². The van der Waals surface area contributed by atoms with Crippen LogP contribution in [0.25, 0.3) is 0 Å². The summed E-state index contributed by atoms with van der Waals surface area (Å²) in [5.41, 5.74) is 0. The first-order valence-corrected chi connectivity index (χ1v) is 25.8. The fraction of sp³-hybridized carbons (Fsp3) is 0.868. The molecule has 0 aliphatic rings. The molecule has 5 heteroatoms. The third kappa shape index (κ3) is 44.1. The second kappa shape index (κ2) is 48.2. The maximum absolute atomic E-state index is 12.5. The number of nitrogens with one attached hydrogen (secondary N) is 1. The van der Waals surface area contributed by atoms with Gasteiger partial charge >= 0.3 is 0 Å². The Morgan fingerprint density at radius 2 is 0.741 bits per heavy atom. The number of aliphatic hydroxyl groups is 3. The zero-order valence-electron chi connectivity index (χ0n) is 38.9. The number of carbonyl (C=O) groups excluding carboxylic acids is 1. The summed E-state index contributed by atoms with van der Waals surface area (Å²) >= 11 is 0. The Kier molecular flexibility index (Phi) is 47.0. The molecule has 0 saturated heterocycles. The van der Waals surface area contributed by atoms with Gasteiger partial charge in [0.25, 0.3) is 0 Å². The zero-order valence-corrected chi connectivity index (χ0v) is 38.9. The van der Waals surface area contributed by atoms with Crippen molar-refractivity contribution in [2.75, 3.05) is 6.61 Å². The number of rotatable bonds is 47. The molecule has 0 spiro atoms. The lowest BCUT2D eigenvalue weighted by Gasteiger charge is -2.21. The van der Waals surface area contributed by atoms with Crippen LogP contribution in [0.3, 0.4) is 0 Å². The van der Waals surface area contributed by atoms with Gasteiger partial charge in [0.05, 0.1) is 31.3 Å². The van der Waals surface area contributed by atoms with E-state index in [2.05, 4.69) is 43.5 Å². The van der Waals surface area contributed by atoms with Crippen LogP contribution >= 0.6 is 0 Å². The van der Waals surface area contributed by atoms with Crippen molar-refractivity contribution in [1.82, 2.24) is 5.32 Å². The molecule has 0 aromatic carbocycles. The summed E-state index contributed by atoms with van der Waals surface area (Å²) in [5, 5.41) is 33.3. The largest absolute Gasteiger partial charge is 0.394 e. The van der Waals surface area contributed by atoms with Gasteiger partial charge in [-0.05, 0) is 57.8 Å². The standard InChI is InChI=1S/C53H101NO4/c1-3-5-7-9-11-13-15-17-19-21-23-24-25-26-27-28-29-30-32-34-36-38-40-42-44-46-50(56)48-53(58)54-51(49-55)52(57)47-45-43-41-39-37-35-33-31-22-20-18-16-14-12-10-8-6-4-2/h26-27,37,39,45,47,50-52,55-57H,3-25,28-36,38,40-44,46,48-49H2,1-2H3,(H,54,58)/b27-26-,39-37+,47-45+. The molecule has 0 aromatic heterocycles. The Morgan fingerprint density at radius 3 is 1.10 bits per heavy atom. The number of unbranched alkanes of at least 4 members (excludes halogenated alkanes) is 34. The minimum atomic E-state index is -0.952. The van der Waals surface area contributed by atoms with Crippen molar-refractivity contribution in [3.05, 3.63) is 36.5 Å². The monoisotopic (exact) mass is 816 g/mol.